The van der Waals surface area contributed by atoms with Crippen molar-refractivity contribution < 1.29 is 9.18 Å². The van der Waals surface area contributed by atoms with Gasteiger partial charge in [-0.1, -0.05) is 15.9 Å². The van der Waals surface area contributed by atoms with Gasteiger partial charge in [0.1, 0.15) is 5.82 Å². The molecule has 1 aromatic heterocycles. The maximum Gasteiger partial charge on any atom is 0.256 e. The summed E-state index contributed by atoms with van der Waals surface area (Å²) in [4.78, 5) is 15.3. The Kier molecular flexibility index (Phi) is 4.34. The summed E-state index contributed by atoms with van der Waals surface area (Å²) in [6.45, 7) is 0.466. The molecule has 3 aromatic rings. The van der Waals surface area contributed by atoms with E-state index in [1.165, 1.54) is 12.1 Å². The zero-order valence-electron chi connectivity index (χ0n) is 13.6. The van der Waals surface area contributed by atoms with Crippen molar-refractivity contribution in [2.24, 2.45) is 0 Å². The van der Waals surface area contributed by atoms with Crippen LogP contribution in [0.4, 0.5) is 15.8 Å². The van der Waals surface area contributed by atoms with Crippen LogP contribution in [0.25, 0.3) is 11.6 Å². The molecule has 4 nitrogen and oxygen atoms in total. The number of hydrogen-bond acceptors (Lipinski definition) is 2. The van der Waals surface area contributed by atoms with E-state index in [2.05, 4.69) is 31.5 Å². The summed E-state index contributed by atoms with van der Waals surface area (Å²) in [5, 5.41) is 6.15. The van der Waals surface area contributed by atoms with Crippen molar-refractivity contribution >= 4 is 44.9 Å². The molecule has 1 aliphatic heterocycles. The Morgan fingerprint density at radius 2 is 2.04 bits per heavy atom. The number of anilines is 2. The van der Waals surface area contributed by atoms with Crippen molar-refractivity contribution in [3.05, 3.63) is 81.8 Å². The van der Waals surface area contributed by atoms with Crippen molar-refractivity contribution in [1.29, 1.82) is 0 Å². The Morgan fingerprint density at radius 1 is 1.15 bits per heavy atom. The van der Waals surface area contributed by atoms with Gasteiger partial charge in [-0.05, 0) is 60.2 Å². The minimum atomic E-state index is -0.273. The lowest BCUT2D eigenvalue weighted by Crippen LogP contribution is -2.03. The third kappa shape index (κ3) is 3.28. The molecule has 0 unspecified atom stereocenters. The Hall–Kier alpha value is -2.86. The van der Waals surface area contributed by atoms with Crippen LogP contribution in [-0.4, -0.2) is 10.9 Å². The van der Waals surface area contributed by atoms with Gasteiger partial charge in [0.2, 0.25) is 0 Å². The summed E-state index contributed by atoms with van der Waals surface area (Å²) in [7, 11) is 0. The second-order valence-corrected chi connectivity index (χ2v) is 6.84. The van der Waals surface area contributed by atoms with Crippen LogP contribution in [0.2, 0.25) is 0 Å². The maximum atomic E-state index is 13.4. The van der Waals surface area contributed by atoms with Crippen molar-refractivity contribution in [1.82, 2.24) is 4.98 Å². The summed E-state index contributed by atoms with van der Waals surface area (Å²) in [5.74, 6) is -0.399. The van der Waals surface area contributed by atoms with E-state index in [1.54, 1.807) is 6.07 Å². The van der Waals surface area contributed by atoms with Gasteiger partial charge in [0.25, 0.3) is 5.91 Å². The van der Waals surface area contributed by atoms with Crippen molar-refractivity contribution in [3.63, 3.8) is 0 Å². The highest BCUT2D eigenvalue weighted by molar-refractivity contribution is 9.10. The molecule has 2 heterocycles. The number of H-pyrrole nitrogens is 1. The maximum absolute atomic E-state index is 13.4. The predicted octanol–water partition coefficient (Wildman–Crippen LogP) is 5.02. The van der Waals surface area contributed by atoms with E-state index in [1.807, 2.05) is 42.6 Å². The lowest BCUT2D eigenvalue weighted by Gasteiger charge is -2.10. The van der Waals surface area contributed by atoms with Crippen LogP contribution in [0.3, 0.4) is 0 Å². The standard InChI is InChI=1S/C20H15BrFN3O/c21-18-5-3-13(22)8-12(18)11-24-15-4-6-19-16(9-15)17(20(26)25-19)10-14-2-1-7-23-14/h1-10,23-24H,11H2,(H,25,26)/b17-10-. The molecule has 0 radical (unpaired) electrons. The number of carbonyl (C=O) groups is 1. The molecule has 0 aliphatic carbocycles. The molecule has 0 atom stereocenters. The summed E-state index contributed by atoms with van der Waals surface area (Å²) < 4.78 is 14.3. The largest absolute Gasteiger partial charge is 0.381 e. The quantitative estimate of drug-likeness (QED) is 0.527. The van der Waals surface area contributed by atoms with E-state index in [0.717, 1.165) is 32.7 Å². The molecule has 3 N–H and O–H groups in total. The van der Waals surface area contributed by atoms with Crippen molar-refractivity contribution in [2.75, 3.05) is 10.6 Å². The third-order valence-corrected chi connectivity index (χ3v) is 4.99. The normalized spacial score (nSPS) is 14.4. The van der Waals surface area contributed by atoms with Crippen LogP contribution >= 0.6 is 15.9 Å². The number of rotatable bonds is 4. The molecule has 130 valence electrons. The number of amides is 1. The number of aromatic nitrogens is 1. The second-order valence-electron chi connectivity index (χ2n) is 5.99. The molecule has 1 aliphatic rings. The van der Waals surface area contributed by atoms with Crippen LogP contribution in [0.5, 0.6) is 0 Å². The Labute approximate surface area is 158 Å². The molecular formula is C20H15BrFN3O. The van der Waals surface area contributed by atoms with Crippen molar-refractivity contribution in [3.8, 4) is 0 Å². The van der Waals surface area contributed by atoms with Crippen LogP contribution < -0.4 is 10.6 Å². The predicted molar refractivity (Wildman–Crippen MR) is 105 cm³/mol. The van der Waals surface area contributed by atoms with Gasteiger partial charge >= 0.3 is 0 Å². The lowest BCUT2D eigenvalue weighted by molar-refractivity contribution is -0.110. The molecule has 4 rings (SSSR count). The molecular weight excluding hydrogens is 397 g/mol. The molecule has 6 heteroatoms. The topological polar surface area (TPSA) is 56.9 Å². The lowest BCUT2D eigenvalue weighted by atomic mass is 10.1. The molecule has 0 bridgehead atoms. The molecule has 0 saturated heterocycles. The fraction of sp³-hybridized carbons (Fsp3) is 0.0500. The molecule has 2 aromatic carbocycles. The molecule has 0 spiro atoms. The number of nitrogens with one attached hydrogen (secondary N) is 3. The van der Waals surface area contributed by atoms with Crippen LogP contribution in [0.15, 0.2) is 59.2 Å². The highest BCUT2D eigenvalue weighted by Crippen LogP contribution is 2.35. The fourth-order valence-corrected chi connectivity index (χ4v) is 3.29. The van der Waals surface area contributed by atoms with Gasteiger partial charge in [0.05, 0.1) is 5.57 Å². The number of benzene rings is 2. The average molecular weight is 412 g/mol. The number of hydrogen-bond donors (Lipinski definition) is 3. The minimum absolute atomic E-state index is 0.125. The first-order valence-corrected chi connectivity index (χ1v) is 8.88. The van der Waals surface area contributed by atoms with E-state index in [9.17, 15) is 9.18 Å². The smallest absolute Gasteiger partial charge is 0.256 e. The molecule has 0 saturated carbocycles. The number of halogens is 2. The van der Waals surface area contributed by atoms with Crippen LogP contribution in [-0.2, 0) is 11.3 Å². The monoisotopic (exact) mass is 411 g/mol. The first-order chi connectivity index (χ1) is 12.6. The number of fused-ring (bicyclic) bond motifs is 1. The highest BCUT2D eigenvalue weighted by atomic mass is 79.9. The highest BCUT2D eigenvalue weighted by Gasteiger charge is 2.24. The molecule has 26 heavy (non-hydrogen) atoms. The number of aromatic amines is 1. The van der Waals surface area contributed by atoms with Gasteiger partial charge in [-0.25, -0.2) is 4.39 Å². The Morgan fingerprint density at radius 3 is 2.85 bits per heavy atom. The Bertz CT molecular complexity index is 1010. The van der Waals surface area contributed by atoms with Gasteiger partial charge in [-0.3, -0.25) is 4.79 Å². The fourth-order valence-electron chi connectivity index (χ4n) is 2.91. The molecule has 0 fully saturated rings. The van der Waals surface area contributed by atoms with Gasteiger partial charge < -0.3 is 15.6 Å². The first kappa shape index (κ1) is 16.6. The Balaban J connectivity index is 1.60. The number of carbonyl (C=O) groups excluding carboxylic acids is 1. The summed E-state index contributed by atoms with van der Waals surface area (Å²) in [6, 6.07) is 14.1. The average Bonchev–Trinajstić information content (AvgIpc) is 3.24. The summed E-state index contributed by atoms with van der Waals surface area (Å²) in [6.07, 6.45) is 3.64. The zero-order valence-corrected chi connectivity index (χ0v) is 15.2. The van der Waals surface area contributed by atoms with Gasteiger partial charge in [0.15, 0.2) is 0 Å². The van der Waals surface area contributed by atoms with Gasteiger partial charge in [-0.15, -0.1) is 0 Å². The summed E-state index contributed by atoms with van der Waals surface area (Å²) in [5.41, 5.74) is 4.77. The van der Waals surface area contributed by atoms with Crippen LogP contribution in [0.1, 0.15) is 16.8 Å². The summed E-state index contributed by atoms with van der Waals surface area (Å²) >= 11 is 3.43. The molecule has 1 amide bonds. The van der Waals surface area contributed by atoms with Gasteiger partial charge in [0, 0.05) is 39.8 Å². The van der Waals surface area contributed by atoms with E-state index in [0.29, 0.717) is 12.1 Å². The van der Waals surface area contributed by atoms with E-state index in [4.69, 9.17) is 0 Å². The van der Waals surface area contributed by atoms with E-state index >= 15 is 0 Å². The SMILES string of the molecule is O=C1Nc2ccc(NCc3cc(F)ccc3Br)cc2/C1=C/c1ccc[nH]1. The van der Waals surface area contributed by atoms with E-state index in [-0.39, 0.29) is 11.7 Å². The zero-order chi connectivity index (χ0) is 18.1. The van der Waals surface area contributed by atoms with Crippen molar-refractivity contribution in [2.45, 2.75) is 6.54 Å². The van der Waals surface area contributed by atoms with Crippen LogP contribution in [0, 0.1) is 5.82 Å². The van der Waals surface area contributed by atoms with Gasteiger partial charge in [-0.2, -0.15) is 0 Å². The second kappa shape index (κ2) is 6.80. The minimum Gasteiger partial charge on any atom is -0.381 e. The third-order valence-electron chi connectivity index (χ3n) is 4.22. The van der Waals surface area contributed by atoms with E-state index < -0.39 is 0 Å². The first-order valence-electron chi connectivity index (χ1n) is 8.09.